The van der Waals surface area contributed by atoms with Crippen LogP contribution >= 0.6 is 0 Å². The van der Waals surface area contributed by atoms with Crippen molar-refractivity contribution in [2.24, 2.45) is 0 Å². The second-order valence-corrected chi connectivity index (χ2v) is 9.82. The molecule has 5 nitrogen and oxygen atoms in total. The molecule has 0 unspecified atom stereocenters. The van der Waals surface area contributed by atoms with Gasteiger partial charge in [0.15, 0.2) is 16.9 Å². The molecule has 0 radical (unpaired) electrons. The molecule has 4 heterocycles. The molecule has 8 aromatic rings. The van der Waals surface area contributed by atoms with Gasteiger partial charge in [0.2, 0.25) is 0 Å². The highest BCUT2D eigenvalue weighted by Crippen LogP contribution is 2.33. The molecule has 0 saturated carbocycles. The third kappa shape index (κ3) is 3.60. The fourth-order valence-electron chi connectivity index (χ4n) is 5.38. The average molecular weight is 517 g/mol. The monoisotopic (exact) mass is 516 g/mol. The van der Waals surface area contributed by atoms with Crippen molar-refractivity contribution in [1.82, 2.24) is 9.97 Å². The van der Waals surface area contributed by atoms with Crippen LogP contribution in [0.15, 0.2) is 130 Å². The molecule has 0 aliphatic carbocycles. The molecule has 0 spiro atoms. The lowest BCUT2D eigenvalue weighted by Gasteiger charge is -2.07. The summed E-state index contributed by atoms with van der Waals surface area (Å²) in [5, 5.41) is 4.08. The van der Waals surface area contributed by atoms with Gasteiger partial charge in [-0.3, -0.25) is 14.8 Å². The third-order valence-corrected chi connectivity index (χ3v) is 7.37. The van der Waals surface area contributed by atoms with Crippen LogP contribution in [0.5, 0.6) is 0 Å². The number of para-hydroxylation sites is 2. The largest absolute Gasteiger partial charge is 0.454 e. The Bertz CT molecular complexity index is 2100. The van der Waals surface area contributed by atoms with Gasteiger partial charge in [0.05, 0.1) is 23.8 Å². The number of hydrogen-bond donors (Lipinski definition) is 0. The molecule has 188 valence electrons. The van der Waals surface area contributed by atoms with Gasteiger partial charge >= 0.3 is 0 Å². The highest BCUT2D eigenvalue weighted by Gasteiger charge is 2.15. The van der Waals surface area contributed by atoms with Gasteiger partial charge in [0.25, 0.3) is 0 Å². The minimum absolute atomic E-state index is 0.0617. The first-order valence-electron chi connectivity index (χ1n) is 13.0. The van der Waals surface area contributed by atoms with Gasteiger partial charge in [-0.1, -0.05) is 72.8 Å². The lowest BCUT2D eigenvalue weighted by Crippen LogP contribution is -2.02. The van der Waals surface area contributed by atoms with E-state index in [4.69, 9.17) is 8.83 Å². The highest BCUT2D eigenvalue weighted by molar-refractivity contribution is 6.11. The molecule has 4 aromatic carbocycles. The van der Waals surface area contributed by atoms with Crippen LogP contribution in [0.1, 0.15) is 15.9 Å². The molecule has 8 rings (SSSR count). The minimum atomic E-state index is -0.0617. The van der Waals surface area contributed by atoms with E-state index in [2.05, 4.69) is 9.97 Å². The zero-order valence-corrected chi connectivity index (χ0v) is 21.2. The van der Waals surface area contributed by atoms with Gasteiger partial charge in [0, 0.05) is 43.8 Å². The van der Waals surface area contributed by atoms with Crippen molar-refractivity contribution in [2.45, 2.75) is 0 Å². The van der Waals surface area contributed by atoms with E-state index in [0.717, 1.165) is 66.4 Å². The number of ketones is 1. The van der Waals surface area contributed by atoms with E-state index in [9.17, 15) is 4.79 Å². The Labute approximate surface area is 228 Å². The Balaban J connectivity index is 1.15. The minimum Gasteiger partial charge on any atom is -0.454 e. The summed E-state index contributed by atoms with van der Waals surface area (Å²) in [4.78, 5) is 22.9. The van der Waals surface area contributed by atoms with Crippen molar-refractivity contribution in [1.29, 1.82) is 0 Å². The van der Waals surface area contributed by atoms with E-state index in [-0.39, 0.29) is 5.78 Å². The number of fused-ring (bicyclic) bond motifs is 6. The summed E-state index contributed by atoms with van der Waals surface area (Å²) < 4.78 is 11.8. The molecule has 0 N–H and O–H groups in total. The average Bonchev–Trinajstić information content (AvgIpc) is 3.58. The van der Waals surface area contributed by atoms with Gasteiger partial charge in [-0.25, -0.2) is 0 Å². The molecule has 0 aliphatic heterocycles. The molecular formula is C35H20N2O3. The maximum absolute atomic E-state index is 13.6. The fraction of sp³-hybridized carbons (Fsp3) is 0. The highest BCUT2D eigenvalue weighted by atomic mass is 16.3. The number of pyridine rings is 2. The van der Waals surface area contributed by atoms with E-state index in [1.807, 2.05) is 109 Å². The summed E-state index contributed by atoms with van der Waals surface area (Å²) in [5.74, 6) is -0.0617. The van der Waals surface area contributed by atoms with Crippen molar-refractivity contribution < 1.29 is 13.6 Å². The molecule has 0 atom stereocenters. The molecule has 0 bridgehead atoms. The Morgan fingerprint density at radius 1 is 0.475 bits per heavy atom. The van der Waals surface area contributed by atoms with Crippen molar-refractivity contribution in [2.75, 3.05) is 0 Å². The number of aromatic nitrogens is 2. The molecule has 5 heteroatoms. The number of benzene rings is 4. The quantitative estimate of drug-likeness (QED) is 0.219. The van der Waals surface area contributed by atoms with Crippen LogP contribution in [0.4, 0.5) is 0 Å². The number of furan rings is 2. The maximum Gasteiger partial charge on any atom is 0.193 e. The van der Waals surface area contributed by atoms with Gasteiger partial charge in [-0.2, -0.15) is 0 Å². The van der Waals surface area contributed by atoms with Crippen LogP contribution < -0.4 is 0 Å². The molecule has 0 amide bonds. The van der Waals surface area contributed by atoms with Gasteiger partial charge in [-0.15, -0.1) is 0 Å². The topological polar surface area (TPSA) is 69.1 Å². The van der Waals surface area contributed by atoms with Crippen molar-refractivity contribution in [3.63, 3.8) is 0 Å². The number of nitrogens with zero attached hydrogens (tertiary/aromatic N) is 2. The predicted octanol–water partition coefficient (Wildman–Crippen LogP) is 8.84. The normalized spacial score (nSPS) is 11.6. The fourth-order valence-corrected chi connectivity index (χ4v) is 5.38. The van der Waals surface area contributed by atoms with E-state index in [1.54, 1.807) is 12.4 Å². The van der Waals surface area contributed by atoms with E-state index < -0.39 is 0 Å². The first-order chi connectivity index (χ1) is 19.7. The maximum atomic E-state index is 13.6. The molecular weight excluding hydrogens is 496 g/mol. The van der Waals surface area contributed by atoms with Crippen LogP contribution in [0.3, 0.4) is 0 Å². The summed E-state index contributed by atoms with van der Waals surface area (Å²) in [5.41, 5.74) is 7.63. The lowest BCUT2D eigenvalue weighted by atomic mass is 9.97. The Morgan fingerprint density at radius 3 is 1.45 bits per heavy atom. The van der Waals surface area contributed by atoms with Crippen molar-refractivity contribution in [3.8, 4) is 22.5 Å². The van der Waals surface area contributed by atoms with E-state index >= 15 is 0 Å². The van der Waals surface area contributed by atoms with Gasteiger partial charge < -0.3 is 8.83 Å². The lowest BCUT2D eigenvalue weighted by molar-refractivity contribution is 0.103. The van der Waals surface area contributed by atoms with Crippen LogP contribution in [-0.2, 0) is 0 Å². The van der Waals surface area contributed by atoms with E-state index in [1.165, 1.54) is 0 Å². The standard InChI is InChI=1S/C35H20N2O3/c38-35(23-9-5-7-21(15-23)29-17-27-25-11-1-3-13-31(25)39-33(27)19-36-29)24-10-6-8-22(16-24)30-18-28-26-12-2-4-14-32(26)40-34(28)20-37-30/h1-20H. The zero-order valence-electron chi connectivity index (χ0n) is 21.2. The first kappa shape index (κ1) is 22.4. The predicted molar refractivity (Wildman–Crippen MR) is 157 cm³/mol. The number of rotatable bonds is 4. The smallest absolute Gasteiger partial charge is 0.193 e. The van der Waals surface area contributed by atoms with Gasteiger partial charge in [0.1, 0.15) is 11.2 Å². The van der Waals surface area contributed by atoms with Crippen LogP contribution in [-0.4, -0.2) is 15.8 Å². The van der Waals surface area contributed by atoms with Crippen LogP contribution in [0.25, 0.3) is 66.4 Å². The zero-order chi connectivity index (χ0) is 26.6. The number of hydrogen-bond acceptors (Lipinski definition) is 5. The molecule has 0 fully saturated rings. The van der Waals surface area contributed by atoms with Crippen molar-refractivity contribution >= 4 is 49.7 Å². The molecule has 40 heavy (non-hydrogen) atoms. The van der Waals surface area contributed by atoms with Crippen LogP contribution in [0, 0.1) is 0 Å². The number of carbonyl (C=O) groups is 1. The van der Waals surface area contributed by atoms with Crippen LogP contribution in [0.2, 0.25) is 0 Å². The molecule has 0 saturated heterocycles. The third-order valence-electron chi connectivity index (χ3n) is 7.37. The molecule has 4 aromatic heterocycles. The Morgan fingerprint density at radius 2 is 0.950 bits per heavy atom. The van der Waals surface area contributed by atoms with Gasteiger partial charge in [-0.05, 0) is 36.4 Å². The Kier molecular flexibility index (Phi) is 4.91. The first-order valence-corrected chi connectivity index (χ1v) is 13.0. The summed E-state index contributed by atoms with van der Waals surface area (Å²) in [6.07, 6.45) is 3.49. The second-order valence-electron chi connectivity index (χ2n) is 9.82. The summed E-state index contributed by atoms with van der Waals surface area (Å²) in [6.45, 7) is 0. The van der Waals surface area contributed by atoms with Crippen molar-refractivity contribution in [3.05, 3.63) is 133 Å². The number of carbonyl (C=O) groups excluding carboxylic acids is 1. The van der Waals surface area contributed by atoms with E-state index in [0.29, 0.717) is 11.1 Å². The summed E-state index contributed by atoms with van der Waals surface area (Å²) in [7, 11) is 0. The Hall–Kier alpha value is -5.55. The second kappa shape index (κ2) is 8.75. The summed E-state index contributed by atoms with van der Waals surface area (Å²) >= 11 is 0. The molecule has 0 aliphatic rings. The summed E-state index contributed by atoms with van der Waals surface area (Å²) in [6, 6.07) is 35.1. The SMILES string of the molecule is O=C(c1cccc(-c2cc3c(cn2)oc2ccccc23)c1)c1cccc(-c2cc3c(cn2)oc2ccccc23)c1.